The van der Waals surface area contributed by atoms with Gasteiger partial charge in [-0.15, -0.1) is 0 Å². The van der Waals surface area contributed by atoms with Crippen molar-refractivity contribution in [1.82, 2.24) is 0 Å². The minimum atomic E-state index is -4.45. The van der Waals surface area contributed by atoms with E-state index in [4.69, 9.17) is 14.8 Å². The van der Waals surface area contributed by atoms with Crippen LogP contribution in [0.5, 0.6) is 5.75 Å². The molecule has 3 radical (unpaired) electrons. The molecule has 0 aliphatic rings. The number of carboxylic acid groups (broad SMARTS) is 1. The molecule has 1 rings (SSSR count). The maximum absolute atomic E-state index is 10.6. The van der Waals surface area contributed by atoms with Gasteiger partial charge in [-0.1, -0.05) is 0 Å². The van der Waals surface area contributed by atoms with E-state index in [-0.39, 0.29) is 17.4 Å². The van der Waals surface area contributed by atoms with Gasteiger partial charge in [0.15, 0.2) is 0 Å². The molecule has 79 valence electrons. The second-order valence-electron chi connectivity index (χ2n) is 2.46. The molecule has 0 unspecified atom stereocenters. The molecule has 0 atom stereocenters. The van der Waals surface area contributed by atoms with E-state index < -0.39 is 32.3 Å². The van der Waals surface area contributed by atoms with Crippen LogP contribution in [0.4, 0.5) is 0 Å². The van der Waals surface area contributed by atoms with Gasteiger partial charge in [-0.25, -0.2) is 4.79 Å². The van der Waals surface area contributed by atoms with E-state index in [0.29, 0.717) is 6.07 Å². The normalized spacial score (nSPS) is 10.5. The maximum Gasteiger partial charge on any atom is 0.339 e. The number of aromatic carboxylic acids is 1. The highest BCUT2D eigenvalue weighted by atomic mass is 32.2. The number of hydrogen-bond acceptors (Lipinski definition) is 4. The van der Waals surface area contributed by atoms with Crippen LogP contribution in [0.3, 0.4) is 0 Å². The fourth-order valence-electron chi connectivity index (χ4n) is 0.847. The summed E-state index contributed by atoms with van der Waals surface area (Å²) in [5, 5.41) is 17.5. The van der Waals surface area contributed by atoms with Crippen molar-refractivity contribution in [3.8, 4) is 5.75 Å². The van der Waals surface area contributed by atoms with E-state index in [1.807, 2.05) is 0 Å². The summed E-state index contributed by atoms with van der Waals surface area (Å²) >= 11 is 0. The molecule has 0 bridgehead atoms. The summed E-state index contributed by atoms with van der Waals surface area (Å²) in [6.07, 6.45) is 0. The average molecular weight is 245 g/mol. The summed E-state index contributed by atoms with van der Waals surface area (Å²) in [4.78, 5) is 9.89. The molecule has 1 aromatic rings. The second-order valence-corrected chi connectivity index (χ2v) is 3.88. The Morgan fingerprint density at radius 1 is 1.27 bits per heavy atom. The number of aromatic hydroxyl groups is 1. The molecule has 15 heavy (non-hydrogen) atoms. The zero-order valence-electron chi connectivity index (χ0n) is 7.28. The van der Waals surface area contributed by atoms with Crippen LogP contribution in [0.25, 0.3) is 0 Å². The lowest BCUT2D eigenvalue weighted by Crippen LogP contribution is -2.02. The van der Waals surface area contributed by atoms with Crippen LogP contribution in [-0.4, -0.2) is 46.5 Å². The van der Waals surface area contributed by atoms with Crippen molar-refractivity contribution >= 4 is 33.4 Å². The molecule has 1 aromatic carbocycles. The van der Waals surface area contributed by atoms with Gasteiger partial charge < -0.3 is 10.2 Å². The molecule has 0 spiro atoms. The summed E-state index contributed by atoms with van der Waals surface area (Å²) < 4.78 is 29.8. The Kier molecular flexibility index (Phi) is 4.30. The van der Waals surface area contributed by atoms with Crippen LogP contribution < -0.4 is 0 Å². The molecule has 0 aromatic heterocycles. The molecule has 0 fully saturated rings. The monoisotopic (exact) mass is 245 g/mol. The largest absolute Gasteiger partial charge is 0.507 e. The SMILES string of the molecule is O=C(O)c1cc(S(=O)(=O)O)ccc1O.[Al]. The third kappa shape index (κ3) is 3.21. The summed E-state index contributed by atoms with van der Waals surface area (Å²) in [5.74, 6) is -2.04. The molecule has 0 amide bonds. The minimum Gasteiger partial charge on any atom is -0.507 e. The van der Waals surface area contributed by atoms with Gasteiger partial charge in [0.2, 0.25) is 0 Å². The predicted molar refractivity (Wildman–Crippen MR) is 50.6 cm³/mol. The molecule has 8 heteroatoms. The van der Waals surface area contributed by atoms with Gasteiger partial charge in [0.05, 0.1) is 4.90 Å². The lowest BCUT2D eigenvalue weighted by molar-refractivity contribution is 0.0693. The first-order chi connectivity index (χ1) is 6.32. The minimum absolute atomic E-state index is 0. The van der Waals surface area contributed by atoms with E-state index in [1.54, 1.807) is 0 Å². The van der Waals surface area contributed by atoms with Crippen molar-refractivity contribution in [3.05, 3.63) is 23.8 Å². The summed E-state index contributed by atoms with van der Waals surface area (Å²) in [7, 11) is -4.45. The van der Waals surface area contributed by atoms with Crippen LogP contribution in [0, 0.1) is 0 Å². The Hall–Kier alpha value is -1.07. The summed E-state index contributed by atoms with van der Waals surface area (Å²) in [5.41, 5.74) is -0.583. The average Bonchev–Trinajstić information content (AvgIpc) is 2.02. The molecule has 0 aliphatic carbocycles. The Balaban J connectivity index is 0.00000196. The second kappa shape index (κ2) is 4.63. The first-order valence-corrected chi connectivity index (χ1v) is 4.80. The molecule has 0 heterocycles. The van der Waals surface area contributed by atoms with Crippen molar-refractivity contribution in [2.45, 2.75) is 4.90 Å². The van der Waals surface area contributed by atoms with Crippen LogP contribution in [0.2, 0.25) is 0 Å². The van der Waals surface area contributed by atoms with Gasteiger partial charge in [0.1, 0.15) is 11.3 Å². The van der Waals surface area contributed by atoms with Gasteiger partial charge in [-0.2, -0.15) is 8.42 Å². The first-order valence-electron chi connectivity index (χ1n) is 3.36. The van der Waals surface area contributed by atoms with Gasteiger partial charge >= 0.3 is 5.97 Å². The number of rotatable bonds is 2. The highest BCUT2D eigenvalue weighted by Crippen LogP contribution is 2.20. The van der Waals surface area contributed by atoms with Crippen LogP contribution in [0.15, 0.2) is 23.1 Å². The molecule has 0 saturated heterocycles. The summed E-state index contributed by atoms with van der Waals surface area (Å²) in [6, 6.07) is 2.46. The maximum atomic E-state index is 10.6. The van der Waals surface area contributed by atoms with E-state index in [2.05, 4.69) is 0 Å². The third-order valence-electron chi connectivity index (χ3n) is 1.50. The number of carbonyl (C=O) groups is 1. The van der Waals surface area contributed by atoms with Crippen molar-refractivity contribution in [1.29, 1.82) is 0 Å². The highest BCUT2D eigenvalue weighted by Gasteiger charge is 2.15. The Morgan fingerprint density at radius 2 is 1.80 bits per heavy atom. The molecular weight excluding hydrogens is 239 g/mol. The van der Waals surface area contributed by atoms with Crippen molar-refractivity contribution < 1.29 is 28.0 Å². The quantitative estimate of drug-likeness (QED) is 0.497. The molecule has 6 nitrogen and oxygen atoms in total. The lowest BCUT2D eigenvalue weighted by Gasteiger charge is -2.01. The van der Waals surface area contributed by atoms with Gasteiger partial charge in [-0.05, 0) is 18.2 Å². The standard InChI is InChI=1S/C7H6O6S.Al/c8-6-2-1-4(14(11,12)13)3-5(6)7(9)10;/h1-3,8H,(H,9,10)(H,11,12,13);. The third-order valence-corrected chi connectivity index (χ3v) is 2.35. The number of phenols is 1. The number of benzene rings is 1. The fourth-order valence-corrected chi connectivity index (χ4v) is 1.35. The van der Waals surface area contributed by atoms with Crippen molar-refractivity contribution in [3.63, 3.8) is 0 Å². The van der Waals surface area contributed by atoms with E-state index in [9.17, 15) is 13.2 Å². The van der Waals surface area contributed by atoms with Crippen molar-refractivity contribution in [2.24, 2.45) is 0 Å². The zero-order chi connectivity index (χ0) is 10.9. The van der Waals surface area contributed by atoms with Crippen LogP contribution in [0.1, 0.15) is 10.4 Å². The van der Waals surface area contributed by atoms with Crippen LogP contribution in [-0.2, 0) is 10.1 Å². The first kappa shape index (κ1) is 13.9. The number of carboxylic acids is 1. The highest BCUT2D eigenvalue weighted by molar-refractivity contribution is 7.85. The van der Waals surface area contributed by atoms with Crippen molar-refractivity contribution in [2.75, 3.05) is 0 Å². The molecular formula is C7H6AlO6S. The lowest BCUT2D eigenvalue weighted by atomic mass is 10.2. The Morgan fingerprint density at radius 3 is 2.20 bits per heavy atom. The summed E-state index contributed by atoms with van der Waals surface area (Å²) in [6.45, 7) is 0. The number of hydrogen-bond donors (Lipinski definition) is 3. The van der Waals surface area contributed by atoms with E-state index in [1.165, 1.54) is 0 Å². The zero-order valence-corrected chi connectivity index (χ0v) is 9.26. The molecule has 0 aliphatic heterocycles. The Labute approximate surface area is 96.0 Å². The Bertz CT molecular complexity index is 480. The molecule has 0 saturated carbocycles. The van der Waals surface area contributed by atoms with Crippen LogP contribution >= 0.6 is 0 Å². The van der Waals surface area contributed by atoms with Gasteiger partial charge in [0, 0.05) is 17.4 Å². The van der Waals surface area contributed by atoms with E-state index in [0.717, 1.165) is 12.1 Å². The van der Waals surface area contributed by atoms with Gasteiger partial charge in [-0.3, -0.25) is 4.55 Å². The van der Waals surface area contributed by atoms with Gasteiger partial charge in [0.25, 0.3) is 10.1 Å². The predicted octanol–water partition coefficient (Wildman–Crippen LogP) is -0.0437. The molecule has 3 N–H and O–H groups in total. The fraction of sp³-hybridized carbons (Fsp3) is 0. The smallest absolute Gasteiger partial charge is 0.339 e. The van der Waals surface area contributed by atoms with E-state index >= 15 is 0 Å². The topological polar surface area (TPSA) is 112 Å².